The number of hydrogen-bond acceptors (Lipinski definition) is 2. The van der Waals surface area contributed by atoms with Crippen LogP contribution in [-0.4, -0.2) is 43.5 Å². The van der Waals surface area contributed by atoms with Crippen LogP contribution in [0.25, 0.3) is 0 Å². The molecule has 0 bridgehead atoms. The Morgan fingerprint density at radius 2 is 1.86 bits per heavy atom. The second-order valence-corrected chi connectivity index (χ2v) is 3.96. The Hall–Kier alpha value is -0.760. The molecule has 0 amide bonds. The van der Waals surface area contributed by atoms with E-state index in [1.165, 1.54) is 5.70 Å². The molecule has 0 heterocycles. The van der Waals surface area contributed by atoms with Crippen LogP contribution in [0.2, 0.25) is 0 Å². The number of hydrogen-bond donors (Lipinski definition) is 0. The second-order valence-electron chi connectivity index (χ2n) is 3.96. The highest BCUT2D eigenvalue weighted by Crippen LogP contribution is 2.21. The summed E-state index contributed by atoms with van der Waals surface area (Å²) < 4.78 is 0. The Morgan fingerprint density at radius 3 is 2.36 bits per heavy atom. The van der Waals surface area contributed by atoms with Gasteiger partial charge in [-0.05, 0) is 19.2 Å². The summed E-state index contributed by atoms with van der Waals surface area (Å²) in [4.78, 5) is 4.69. The van der Waals surface area contributed by atoms with Gasteiger partial charge in [-0.15, -0.1) is 0 Å². The Balaban J connectivity index is 2.52. The summed E-state index contributed by atoms with van der Waals surface area (Å²) in [5, 5.41) is 0. The third-order valence-electron chi connectivity index (χ3n) is 2.86. The number of allylic oxidation sites excluding steroid dienone is 2. The van der Waals surface area contributed by atoms with Crippen molar-refractivity contribution in [3.8, 4) is 0 Å². The molecule has 1 aliphatic carbocycles. The average Bonchev–Trinajstić information content (AvgIpc) is 2.62. The third-order valence-corrected chi connectivity index (χ3v) is 2.86. The highest BCUT2D eigenvalue weighted by atomic mass is 15.1. The van der Waals surface area contributed by atoms with Gasteiger partial charge in [0.15, 0.2) is 0 Å². The fourth-order valence-electron chi connectivity index (χ4n) is 1.91. The molecule has 0 saturated heterocycles. The maximum Gasteiger partial charge on any atom is 0.0299 e. The van der Waals surface area contributed by atoms with Crippen molar-refractivity contribution in [1.29, 1.82) is 0 Å². The molecule has 1 rings (SSSR count). The van der Waals surface area contributed by atoms with Gasteiger partial charge < -0.3 is 9.80 Å². The SMILES string of the molecule is CCN(CC)CC1C=CC=C1N(C)C. The first-order chi connectivity index (χ1) is 6.69. The van der Waals surface area contributed by atoms with E-state index in [1.807, 2.05) is 0 Å². The normalized spacial score (nSPS) is 20.4. The molecular weight excluding hydrogens is 172 g/mol. The van der Waals surface area contributed by atoms with Gasteiger partial charge in [-0.25, -0.2) is 0 Å². The van der Waals surface area contributed by atoms with Gasteiger partial charge in [0.25, 0.3) is 0 Å². The molecule has 2 heteroatoms. The molecule has 0 N–H and O–H groups in total. The van der Waals surface area contributed by atoms with E-state index in [-0.39, 0.29) is 0 Å². The van der Waals surface area contributed by atoms with E-state index in [2.05, 4.69) is 56.0 Å². The molecule has 0 aromatic heterocycles. The van der Waals surface area contributed by atoms with Gasteiger partial charge in [-0.2, -0.15) is 0 Å². The van der Waals surface area contributed by atoms with Crippen molar-refractivity contribution in [1.82, 2.24) is 9.80 Å². The van der Waals surface area contributed by atoms with Crippen LogP contribution in [0, 0.1) is 5.92 Å². The summed E-state index contributed by atoms with van der Waals surface area (Å²) in [5.41, 5.74) is 1.43. The molecule has 1 aliphatic rings. The quantitative estimate of drug-likeness (QED) is 0.660. The first kappa shape index (κ1) is 11.3. The Labute approximate surface area is 87.9 Å². The minimum absolute atomic E-state index is 0.588. The lowest BCUT2D eigenvalue weighted by Crippen LogP contribution is -2.31. The van der Waals surface area contributed by atoms with Crippen LogP contribution in [0.15, 0.2) is 23.9 Å². The van der Waals surface area contributed by atoms with Gasteiger partial charge in [0, 0.05) is 32.3 Å². The van der Waals surface area contributed by atoms with E-state index in [0.29, 0.717) is 5.92 Å². The second kappa shape index (κ2) is 5.20. The zero-order valence-electron chi connectivity index (χ0n) is 9.83. The van der Waals surface area contributed by atoms with Gasteiger partial charge >= 0.3 is 0 Å². The van der Waals surface area contributed by atoms with E-state index in [9.17, 15) is 0 Å². The zero-order valence-corrected chi connectivity index (χ0v) is 9.83. The Kier molecular flexibility index (Phi) is 4.21. The summed E-state index contributed by atoms with van der Waals surface area (Å²) in [6.07, 6.45) is 6.69. The third kappa shape index (κ3) is 2.61. The topological polar surface area (TPSA) is 6.48 Å². The van der Waals surface area contributed by atoms with Gasteiger partial charge in [0.2, 0.25) is 0 Å². The van der Waals surface area contributed by atoms with Crippen molar-refractivity contribution < 1.29 is 0 Å². The van der Waals surface area contributed by atoms with Crippen LogP contribution in [0.3, 0.4) is 0 Å². The molecule has 0 aliphatic heterocycles. The molecule has 14 heavy (non-hydrogen) atoms. The lowest BCUT2D eigenvalue weighted by atomic mass is 10.1. The maximum absolute atomic E-state index is 2.47. The van der Waals surface area contributed by atoms with Crippen LogP contribution in [-0.2, 0) is 0 Å². The predicted octanol–water partition coefficient (Wildman–Crippen LogP) is 1.96. The van der Waals surface area contributed by atoms with Crippen LogP contribution in [0.1, 0.15) is 13.8 Å². The molecule has 0 saturated carbocycles. The molecule has 0 spiro atoms. The summed E-state index contributed by atoms with van der Waals surface area (Å²) in [7, 11) is 4.24. The average molecular weight is 194 g/mol. The molecular formula is C12H22N2. The summed E-state index contributed by atoms with van der Waals surface area (Å²) in [6, 6.07) is 0. The van der Waals surface area contributed by atoms with Crippen molar-refractivity contribution >= 4 is 0 Å². The van der Waals surface area contributed by atoms with Gasteiger partial charge in [-0.3, -0.25) is 0 Å². The Bertz CT molecular complexity index is 224. The first-order valence-electron chi connectivity index (χ1n) is 5.47. The molecule has 0 aromatic carbocycles. The first-order valence-corrected chi connectivity index (χ1v) is 5.47. The van der Waals surface area contributed by atoms with Crippen LogP contribution < -0.4 is 0 Å². The van der Waals surface area contributed by atoms with Gasteiger partial charge in [0.05, 0.1) is 0 Å². The van der Waals surface area contributed by atoms with Gasteiger partial charge in [0.1, 0.15) is 0 Å². The van der Waals surface area contributed by atoms with Crippen molar-refractivity contribution in [2.75, 3.05) is 33.7 Å². The molecule has 1 atom stereocenters. The van der Waals surface area contributed by atoms with Crippen LogP contribution >= 0.6 is 0 Å². The highest BCUT2D eigenvalue weighted by Gasteiger charge is 2.18. The largest absolute Gasteiger partial charge is 0.380 e. The molecule has 1 unspecified atom stereocenters. The summed E-state index contributed by atoms with van der Waals surface area (Å²) in [5.74, 6) is 0.588. The molecule has 0 fully saturated rings. The summed E-state index contributed by atoms with van der Waals surface area (Å²) >= 11 is 0. The smallest absolute Gasteiger partial charge is 0.0299 e. The minimum atomic E-state index is 0.588. The monoisotopic (exact) mass is 194 g/mol. The highest BCUT2D eigenvalue weighted by molar-refractivity contribution is 5.26. The fourth-order valence-corrected chi connectivity index (χ4v) is 1.91. The lowest BCUT2D eigenvalue weighted by molar-refractivity contribution is 0.271. The molecule has 80 valence electrons. The van der Waals surface area contributed by atoms with Crippen molar-refractivity contribution in [3.05, 3.63) is 23.9 Å². The van der Waals surface area contributed by atoms with Crippen molar-refractivity contribution in [2.24, 2.45) is 5.92 Å². The zero-order chi connectivity index (χ0) is 10.6. The Morgan fingerprint density at radius 1 is 1.21 bits per heavy atom. The van der Waals surface area contributed by atoms with E-state index >= 15 is 0 Å². The van der Waals surface area contributed by atoms with Crippen molar-refractivity contribution in [2.45, 2.75) is 13.8 Å². The van der Waals surface area contributed by atoms with Crippen LogP contribution in [0.5, 0.6) is 0 Å². The molecule has 0 radical (unpaired) electrons. The standard InChI is InChI=1S/C12H22N2/c1-5-14(6-2)10-11-8-7-9-12(11)13(3)4/h7-9,11H,5-6,10H2,1-4H3. The summed E-state index contributed by atoms with van der Waals surface area (Å²) in [6.45, 7) is 7.87. The van der Waals surface area contributed by atoms with E-state index < -0.39 is 0 Å². The number of nitrogens with zero attached hydrogens (tertiary/aromatic N) is 2. The van der Waals surface area contributed by atoms with E-state index in [1.54, 1.807) is 0 Å². The molecule has 0 aromatic rings. The van der Waals surface area contributed by atoms with E-state index in [0.717, 1.165) is 19.6 Å². The maximum atomic E-state index is 2.47. The lowest BCUT2D eigenvalue weighted by Gasteiger charge is -2.26. The fraction of sp³-hybridized carbons (Fsp3) is 0.667. The number of rotatable bonds is 5. The molecule has 2 nitrogen and oxygen atoms in total. The van der Waals surface area contributed by atoms with Crippen LogP contribution in [0.4, 0.5) is 0 Å². The van der Waals surface area contributed by atoms with E-state index in [4.69, 9.17) is 0 Å². The van der Waals surface area contributed by atoms with Gasteiger partial charge in [-0.1, -0.05) is 26.0 Å². The predicted molar refractivity (Wildman–Crippen MR) is 62.2 cm³/mol. The minimum Gasteiger partial charge on any atom is -0.380 e. The van der Waals surface area contributed by atoms with Crippen molar-refractivity contribution in [3.63, 3.8) is 0 Å².